The first-order chi connectivity index (χ1) is 13.3. The third kappa shape index (κ3) is 3.80. The molecule has 1 aliphatic carbocycles. The van der Waals surface area contributed by atoms with Crippen LogP contribution in [0.3, 0.4) is 0 Å². The number of hydrogen-bond acceptors (Lipinski definition) is 6. The highest BCUT2D eigenvalue weighted by Crippen LogP contribution is 2.37. The lowest BCUT2D eigenvalue weighted by Gasteiger charge is -2.19. The fourth-order valence-electron chi connectivity index (χ4n) is 3.79. The smallest absolute Gasteiger partial charge is 0.350 e. The molecule has 1 saturated carbocycles. The molecule has 0 radical (unpaired) electrons. The number of carbonyl (C=O) groups excluding carboxylic acids is 2. The third-order valence-corrected chi connectivity index (χ3v) is 6.29. The minimum absolute atomic E-state index is 0.279. The summed E-state index contributed by atoms with van der Waals surface area (Å²) in [5.41, 5.74) is 2.93. The first-order valence-electron chi connectivity index (χ1n) is 9.36. The molecular formula is C20H24N4O3S. The molecule has 2 aromatic rings. The van der Waals surface area contributed by atoms with Gasteiger partial charge in [-0.15, -0.1) is 11.3 Å². The van der Waals surface area contributed by atoms with Gasteiger partial charge in [-0.2, -0.15) is 5.26 Å². The Labute approximate surface area is 168 Å². The summed E-state index contributed by atoms with van der Waals surface area (Å²) in [6, 6.07) is 2.48. The van der Waals surface area contributed by atoms with E-state index in [1.807, 2.05) is 20.8 Å². The molecule has 1 amide bonds. The Bertz CT molecular complexity index is 961. The van der Waals surface area contributed by atoms with E-state index < -0.39 is 18.5 Å². The lowest BCUT2D eigenvalue weighted by Crippen LogP contribution is -2.23. The van der Waals surface area contributed by atoms with Gasteiger partial charge in [0.05, 0.1) is 16.3 Å². The van der Waals surface area contributed by atoms with Gasteiger partial charge in [0.15, 0.2) is 6.61 Å². The molecule has 28 heavy (non-hydrogen) atoms. The summed E-state index contributed by atoms with van der Waals surface area (Å²) in [6.45, 7) is 7.00. The van der Waals surface area contributed by atoms with Gasteiger partial charge in [0, 0.05) is 11.7 Å². The lowest BCUT2D eigenvalue weighted by atomic mass is 10.2. The van der Waals surface area contributed by atoms with E-state index in [2.05, 4.69) is 20.9 Å². The quantitative estimate of drug-likeness (QED) is 0.766. The number of nitrogens with zero attached hydrogens (tertiary/aromatic N) is 3. The largest absolute Gasteiger partial charge is 0.451 e. The molecule has 0 aliphatic heterocycles. The maximum Gasteiger partial charge on any atom is 0.350 e. The van der Waals surface area contributed by atoms with Crippen LogP contribution >= 0.6 is 11.3 Å². The predicted molar refractivity (Wildman–Crippen MR) is 107 cm³/mol. The normalized spacial score (nSPS) is 14.1. The van der Waals surface area contributed by atoms with Crippen LogP contribution in [0.5, 0.6) is 0 Å². The molecule has 0 aromatic carbocycles. The van der Waals surface area contributed by atoms with Crippen LogP contribution in [0.4, 0.5) is 5.82 Å². The van der Waals surface area contributed by atoms with Crippen molar-refractivity contribution in [2.24, 2.45) is 0 Å². The van der Waals surface area contributed by atoms with Crippen LogP contribution in [0.2, 0.25) is 0 Å². The molecule has 1 fully saturated rings. The van der Waals surface area contributed by atoms with Crippen molar-refractivity contribution >= 4 is 29.0 Å². The van der Waals surface area contributed by atoms with Crippen LogP contribution in [0.25, 0.3) is 0 Å². The molecule has 0 atom stereocenters. The topological polar surface area (TPSA) is 97.0 Å². The van der Waals surface area contributed by atoms with Crippen molar-refractivity contribution < 1.29 is 14.3 Å². The first-order valence-corrected chi connectivity index (χ1v) is 10.2. The Balaban J connectivity index is 1.75. The Morgan fingerprint density at radius 3 is 2.54 bits per heavy atom. The van der Waals surface area contributed by atoms with Gasteiger partial charge in [-0.1, -0.05) is 12.8 Å². The van der Waals surface area contributed by atoms with Crippen LogP contribution in [0.15, 0.2) is 0 Å². The molecule has 1 N–H and O–H groups in total. The van der Waals surface area contributed by atoms with E-state index in [1.54, 1.807) is 6.92 Å². The monoisotopic (exact) mass is 400 g/mol. The van der Waals surface area contributed by atoms with E-state index in [-0.39, 0.29) is 6.04 Å². The number of amides is 1. The fraction of sp³-hybridized carbons (Fsp3) is 0.500. The summed E-state index contributed by atoms with van der Waals surface area (Å²) >= 11 is 1.24. The molecule has 0 spiro atoms. The number of nitrogens with one attached hydrogen (secondary N) is 1. The molecule has 8 heteroatoms. The van der Waals surface area contributed by atoms with Gasteiger partial charge >= 0.3 is 5.97 Å². The second-order valence-corrected chi connectivity index (χ2v) is 8.33. The van der Waals surface area contributed by atoms with Crippen molar-refractivity contribution in [3.05, 3.63) is 32.4 Å². The van der Waals surface area contributed by atoms with Crippen molar-refractivity contribution in [1.82, 2.24) is 9.55 Å². The number of aryl methyl sites for hydroxylation is 2. The zero-order valence-electron chi connectivity index (χ0n) is 16.6. The number of nitriles is 1. The Morgan fingerprint density at radius 2 is 1.96 bits per heavy atom. The van der Waals surface area contributed by atoms with Gasteiger partial charge in [-0.3, -0.25) is 4.79 Å². The highest BCUT2D eigenvalue weighted by atomic mass is 32.1. The van der Waals surface area contributed by atoms with Crippen molar-refractivity contribution in [2.45, 2.75) is 59.4 Å². The number of anilines is 1. The number of aromatic nitrogens is 2. The van der Waals surface area contributed by atoms with E-state index in [0.29, 0.717) is 22.0 Å². The molecule has 0 bridgehead atoms. The number of ether oxygens (including phenoxy) is 1. The number of carbonyl (C=O) groups is 2. The van der Waals surface area contributed by atoms with Gasteiger partial charge in [0.2, 0.25) is 0 Å². The molecule has 0 unspecified atom stereocenters. The highest BCUT2D eigenvalue weighted by Gasteiger charge is 2.27. The number of hydrogen-bond donors (Lipinski definition) is 1. The fourth-order valence-corrected chi connectivity index (χ4v) is 4.60. The summed E-state index contributed by atoms with van der Waals surface area (Å²) < 4.78 is 7.23. The van der Waals surface area contributed by atoms with Crippen molar-refractivity contribution in [1.29, 1.82) is 5.26 Å². The molecule has 148 valence electrons. The van der Waals surface area contributed by atoms with Crippen molar-refractivity contribution in [3.8, 4) is 6.07 Å². The SMILES string of the molecule is Cc1nc(C)c(C(=O)OCC(=O)Nc2c(C#N)c(C)c(C)n2C2CCCC2)s1. The van der Waals surface area contributed by atoms with Crippen LogP contribution in [-0.4, -0.2) is 28.0 Å². The molecular weight excluding hydrogens is 376 g/mol. The molecule has 7 nitrogen and oxygen atoms in total. The predicted octanol–water partition coefficient (Wildman–Crippen LogP) is 3.96. The maximum atomic E-state index is 12.5. The summed E-state index contributed by atoms with van der Waals surface area (Å²) in [5.74, 6) is -0.506. The van der Waals surface area contributed by atoms with Crippen LogP contribution in [0, 0.1) is 39.0 Å². The highest BCUT2D eigenvalue weighted by molar-refractivity contribution is 7.13. The van der Waals surface area contributed by atoms with E-state index in [0.717, 1.165) is 41.9 Å². The summed E-state index contributed by atoms with van der Waals surface area (Å²) in [4.78, 5) is 29.3. The van der Waals surface area contributed by atoms with Gasteiger partial charge in [0.25, 0.3) is 5.91 Å². The average molecular weight is 401 g/mol. The van der Waals surface area contributed by atoms with E-state index in [1.165, 1.54) is 11.3 Å². The first kappa shape index (κ1) is 20.1. The number of esters is 1. The van der Waals surface area contributed by atoms with E-state index in [4.69, 9.17) is 4.74 Å². The van der Waals surface area contributed by atoms with Crippen LogP contribution in [-0.2, 0) is 9.53 Å². The Morgan fingerprint density at radius 1 is 1.29 bits per heavy atom. The third-order valence-electron chi connectivity index (χ3n) is 5.24. The number of thiazole rings is 1. The second-order valence-electron chi connectivity index (χ2n) is 7.13. The molecule has 2 heterocycles. The summed E-state index contributed by atoms with van der Waals surface area (Å²) in [5, 5.41) is 13.2. The maximum absolute atomic E-state index is 12.5. The van der Waals surface area contributed by atoms with Gasteiger partial charge < -0.3 is 14.6 Å². The minimum atomic E-state index is -0.558. The lowest BCUT2D eigenvalue weighted by molar-refractivity contribution is -0.119. The Hall–Kier alpha value is -2.66. The van der Waals surface area contributed by atoms with Crippen molar-refractivity contribution in [2.75, 3.05) is 11.9 Å². The van der Waals surface area contributed by atoms with Gasteiger partial charge in [0.1, 0.15) is 16.8 Å². The molecule has 2 aromatic heterocycles. The standard InChI is InChI=1S/C20H24N4O3S/c1-11-13(3)24(15-7-5-6-8-15)19(16(11)9-21)23-17(25)10-27-20(26)18-12(2)22-14(4)28-18/h15H,5-8,10H2,1-4H3,(H,23,25). The van der Waals surface area contributed by atoms with Gasteiger partial charge in [-0.25, -0.2) is 9.78 Å². The second kappa shape index (κ2) is 8.15. The summed E-state index contributed by atoms with van der Waals surface area (Å²) in [7, 11) is 0. The molecule has 0 saturated heterocycles. The van der Waals surface area contributed by atoms with Crippen LogP contribution in [0.1, 0.15) is 68.9 Å². The zero-order chi connectivity index (χ0) is 20.4. The van der Waals surface area contributed by atoms with Crippen LogP contribution < -0.4 is 5.32 Å². The van der Waals surface area contributed by atoms with Gasteiger partial charge in [-0.05, 0) is 46.1 Å². The summed E-state index contributed by atoms with van der Waals surface area (Å²) in [6.07, 6.45) is 4.34. The zero-order valence-corrected chi connectivity index (χ0v) is 17.4. The van der Waals surface area contributed by atoms with E-state index >= 15 is 0 Å². The Kier molecular flexibility index (Phi) is 5.84. The average Bonchev–Trinajstić information content (AvgIpc) is 3.34. The molecule has 1 aliphatic rings. The minimum Gasteiger partial charge on any atom is -0.451 e. The number of rotatable bonds is 5. The molecule has 3 rings (SSSR count). The van der Waals surface area contributed by atoms with E-state index in [9.17, 15) is 14.9 Å². The van der Waals surface area contributed by atoms with Crippen molar-refractivity contribution in [3.63, 3.8) is 0 Å².